The Bertz CT molecular complexity index is 1470. The molecule has 51 heavy (non-hydrogen) atoms. The Hall–Kier alpha value is -3.91. The average Bonchev–Trinajstić information content (AvgIpc) is 3.44. The third kappa shape index (κ3) is 8.60. The molecule has 4 fully saturated rings. The van der Waals surface area contributed by atoms with Crippen LogP contribution < -0.4 is 21.3 Å². The highest BCUT2D eigenvalue weighted by Gasteiger charge is 2.62. The second-order valence-corrected chi connectivity index (χ2v) is 16.1. The van der Waals surface area contributed by atoms with Gasteiger partial charge in [-0.2, -0.15) is 0 Å². The fourth-order valence-electron chi connectivity index (χ4n) is 7.90. The van der Waals surface area contributed by atoms with Crippen molar-refractivity contribution in [3.8, 4) is 0 Å². The van der Waals surface area contributed by atoms with Crippen LogP contribution in [0.2, 0.25) is 0 Å². The summed E-state index contributed by atoms with van der Waals surface area (Å²) < 4.78 is 30.6. The first-order valence-corrected chi connectivity index (χ1v) is 18.5. The zero-order valence-corrected chi connectivity index (χ0v) is 30.2. The van der Waals surface area contributed by atoms with Crippen molar-refractivity contribution in [2.24, 2.45) is 29.1 Å². The van der Waals surface area contributed by atoms with Gasteiger partial charge in [-0.1, -0.05) is 60.3 Å². The quantitative estimate of drug-likeness (QED) is 0.195. The monoisotopic (exact) mass is 717 g/mol. The van der Waals surface area contributed by atoms with Crippen LogP contribution in [0, 0.1) is 29.1 Å². The lowest BCUT2D eigenvalue weighted by atomic mass is 9.82. The predicted molar refractivity (Wildman–Crippen MR) is 182 cm³/mol. The van der Waals surface area contributed by atoms with Gasteiger partial charge in [-0.25, -0.2) is 13.8 Å². The van der Waals surface area contributed by atoms with Gasteiger partial charge in [-0.15, -0.1) is 0 Å². The molecule has 5 rings (SSSR count). The van der Waals surface area contributed by atoms with Crippen LogP contribution in [0.25, 0.3) is 0 Å². The molecular weight excluding hydrogens is 664 g/mol. The number of fused-ring (bicyclic) bond motifs is 1. The van der Waals surface area contributed by atoms with Crippen molar-refractivity contribution in [1.82, 2.24) is 36.1 Å². The van der Waals surface area contributed by atoms with E-state index in [1.807, 2.05) is 6.92 Å². The molecule has 0 radical (unpaired) electrons. The number of carbonyl (C=O) groups excluding carboxylic acids is 6. The number of amides is 5. The van der Waals surface area contributed by atoms with Crippen LogP contribution >= 0.6 is 0 Å². The molecule has 1 saturated heterocycles. The SMILES string of the molecule is CC[C@H](C)[C@H](NC(=O)[C@@H]1[C@H]2CCC(F)(F)[C@H]2CN1C(=O)[C@@H](NC(=O)[C@@H](NC(=O)c1ncc[nH]1)C1CCCCC1)C(C)(C)C)C(=O)C(=O)NC1CC1. The molecule has 7 atom stereocenters. The minimum Gasteiger partial charge on any atom is -0.347 e. The van der Waals surface area contributed by atoms with Crippen molar-refractivity contribution in [2.45, 2.75) is 135 Å². The van der Waals surface area contributed by atoms with E-state index in [4.69, 9.17) is 0 Å². The number of rotatable bonds is 13. The molecule has 4 aliphatic rings. The van der Waals surface area contributed by atoms with Crippen LogP contribution in [0.4, 0.5) is 8.78 Å². The molecule has 15 heteroatoms. The number of alkyl halides is 2. The van der Waals surface area contributed by atoms with Crippen LogP contribution in [0.3, 0.4) is 0 Å². The third-order valence-corrected chi connectivity index (χ3v) is 11.3. The van der Waals surface area contributed by atoms with Crippen molar-refractivity contribution < 1.29 is 37.5 Å². The van der Waals surface area contributed by atoms with Crippen LogP contribution in [0.5, 0.6) is 0 Å². The van der Waals surface area contributed by atoms with Crippen molar-refractivity contribution in [3.63, 3.8) is 0 Å². The highest BCUT2D eigenvalue weighted by Crippen LogP contribution is 2.51. The molecule has 0 bridgehead atoms. The number of imidazole rings is 1. The third-order valence-electron chi connectivity index (χ3n) is 11.3. The minimum absolute atomic E-state index is 0.0151. The largest absolute Gasteiger partial charge is 0.347 e. The molecule has 0 aromatic carbocycles. The van der Waals surface area contributed by atoms with Crippen molar-refractivity contribution in [3.05, 3.63) is 18.2 Å². The van der Waals surface area contributed by atoms with Gasteiger partial charge in [0.05, 0.1) is 6.04 Å². The van der Waals surface area contributed by atoms with Gasteiger partial charge in [0.1, 0.15) is 18.1 Å². The van der Waals surface area contributed by atoms with E-state index in [9.17, 15) is 28.8 Å². The summed E-state index contributed by atoms with van der Waals surface area (Å²) in [7, 11) is 0. The lowest BCUT2D eigenvalue weighted by molar-refractivity contribution is -0.146. The number of hydrogen-bond donors (Lipinski definition) is 5. The molecule has 1 aromatic rings. The molecule has 0 spiro atoms. The minimum atomic E-state index is -3.13. The smallest absolute Gasteiger partial charge is 0.289 e. The number of ketones is 1. The van der Waals surface area contributed by atoms with Gasteiger partial charge >= 0.3 is 0 Å². The van der Waals surface area contributed by atoms with Gasteiger partial charge in [0, 0.05) is 37.3 Å². The molecule has 5 amide bonds. The summed E-state index contributed by atoms with van der Waals surface area (Å²) in [5.74, 6) is -10.2. The van der Waals surface area contributed by atoms with Gasteiger partial charge in [0.2, 0.25) is 23.5 Å². The van der Waals surface area contributed by atoms with E-state index in [1.165, 1.54) is 12.4 Å². The second kappa shape index (κ2) is 15.4. The Balaban J connectivity index is 1.41. The van der Waals surface area contributed by atoms with Gasteiger partial charge in [-0.05, 0) is 55.3 Å². The summed E-state index contributed by atoms with van der Waals surface area (Å²) in [6.07, 6.45) is 8.54. The Labute approximate surface area is 297 Å². The number of nitrogens with zero attached hydrogens (tertiary/aromatic N) is 2. The fraction of sp³-hybridized carbons (Fsp3) is 0.750. The zero-order valence-electron chi connectivity index (χ0n) is 30.2. The highest BCUT2D eigenvalue weighted by atomic mass is 19.3. The fourth-order valence-corrected chi connectivity index (χ4v) is 7.90. The van der Waals surface area contributed by atoms with Crippen LogP contribution in [0.1, 0.15) is 109 Å². The lowest BCUT2D eigenvalue weighted by Crippen LogP contribution is -2.62. The summed E-state index contributed by atoms with van der Waals surface area (Å²) in [6, 6.07) is -4.90. The summed E-state index contributed by atoms with van der Waals surface area (Å²) in [4.78, 5) is 89.8. The molecule has 2 heterocycles. The van der Waals surface area contributed by atoms with E-state index in [1.54, 1.807) is 27.7 Å². The summed E-state index contributed by atoms with van der Waals surface area (Å²) >= 11 is 0. The van der Waals surface area contributed by atoms with Crippen molar-refractivity contribution in [2.75, 3.05) is 6.54 Å². The maximum absolute atomic E-state index is 15.3. The topological polar surface area (TPSA) is 182 Å². The number of aromatic amines is 1. The van der Waals surface area contributed by atoms with Gasteiger partial charge in [-0.3, -0.25) is 28.8 Å². The van der Waals surface area contributed by atoms with Gasteiger partial charge in [0.25, 0.3) is 17.7 Å². The lowest BCUT2D eigenvalue weighted by Gasteiger charge is -2.38. The van der Waals surface area contributed by atoms with E-state index < -0.39 is 102 Å². The Morgan fingerprint density at radius 3 is 2.27 bits per heavy atom. The average molecular weight is 718 g/mol. The zero-order chi connectivity index (χ0) is 37.2. The standard InChI is InChI=1S/C36H53F2N7O6/c1-6-19(2)24(27(46)32(49)41-21-12-13-21)42-31(48)26-22-14-15-36(37,38)23(22)18-45(26)34(51)28(35(3,4)5)44-30(47)25(20-10-8-7-9-11-20)43-33(50)29-39-16-17-40-29/h16-17,19-26,28H,6-15,18H2,1-5H3,(H,39,40)(H,41,49)(H,42,48)(H,43,50)(H,44,47)/t19-,22-,23-,24-,25-,26-,28+/m0/s1. The number of aromatic nitrogens is 2. The van der Waals surface area contributed by atoms with E-state index in [0.29, 0.717) is 19.3 Å². The highest BCUT2D eigenvalue weighted by molar-refractivity contribution is 6.38. The molecule has 282 valence electrons. The van der Waals surface area contributed by atoms with E-state index in [2.05, 4.69) is 31.2 Å². The first kappa shape index (κ1) is 38.3. The Morgan fingerprint density at radius 1 is 1.00 bits per heavy atom. The number of carbonyl (C=O) groups is 6. The molecule has 1 aliphatic heterocycles. The molecule has 3 saturated carbocycles. The Morgan fingerprint density at radius 2 is 1.69 bits per heavy atom. The Kier molecular flexibility index (Phi) is 11.5. The molecule has 1 aromatic heterocycles. The number of Topliss-reactive ketones (excluding diaryl/α,β-unsaturated/α-hetero) is 1. The molecule has 5 N–H and O–H groups in total. The number of nitrogens with one attached hydrogen (secondary N) is 5. The van der Waals surface area contributed by atoms with E-state index in [0.717, 1.165) is 37.0 Å². The number of H-pyrrole nitrogens is 1. The van der Waals surface area contributed by atoms with Crippen LogP contribution in [-0.4, -0.2) is 92.9 Å². The van der Waals surface area contributed by atoms with Crippen molar-refractivity contribution >= 4 is 35.3 Å². The first-order chi connectivity index (χ1) is 24.0. The van der Waals surface area contributed by atoms with Gasteiger partial charge < -0.3 is 31.2 Å². The molecular formula is C36H53F2N7O6. The van der Waals surface area contributed by atoms with E-state index in [-0.39, 0.29) is 24.2 Å². The predicted octanol–water partition coefficient (Wildman–Crippen LogP) is 2.87. The summed E-state index contributed by atoms with van der Waals surface area (Å²) in [5, 5.41) is 11.0. The second-order valence-electron chi connectivity index (χ2n) is 16.1. The number of likely N-dealkylation sites (tertiary alicyclic amines) is 1. The van der Waals surface area contributed by atoms with E-state index >= 15 is 8.78 Å². The number of halogens is 2. The summed E-state index contributed by atoms with van der Waals surface area (Å²) in [5.41, 5.74) is -0.938. The van der Waals surface area contributed by atoms with Crippen molar-refractivity contribution in [1.29, 1.82) is 0 Å². The number of hydrogen-bond acceptors (Lipinski definition) is 7. The summed E-state index contributed by atoms with van der Waals surface area (Å²) in [6.45, 7) is 8.29. The maximum Gasteiger partial charge on any atom is 0.289 e. The molecule has 13 nitrogen and oxygen atoms in total. The van der Waals surface area contributed by atoms with Gasteiger partial charge in [0.15, 0.2) is 5.82 Å². The first-order valence-electron chi connectivity index (χ1n) is 18.5. The molecule has 3 aliphatic carbocycles. The van der Waals surface area contributed by atoms with Crippen LogP contribution in [0.15, 0.2) is 12.4 Å². The normalized spacial score (nSPS) is 25.5. The maximum atomic E-state index is 15.3. The van der Waals surface area contributed by atoms with Crippen LogP contribution in [-0.2, 0) is 24.0 Å². The molecule has 0 unspecified atom stereocenters.